The number of methoxy groups -OCH3 is 2. The minimum absolute atomic E-state index is 0.306. The Morgan fingerprint density at radius 2 is 1.94 bits per heavy atom. The summed E-state index contributed by atoms with van der Waals surface area (Å²) in [5.41, 5.74) is 2.37. The molecule has 3 aromatic rings. The second-order valence-electron chi connectivity index (χ2n) is 7.31. The Bertz CT molecular complexity index is 1160. The van der Waals surface area contributed by atoms with Crippen LogP contribution < -0.4 is 14.4 Å². The number of aromatic nitrogens is 2. The molecule has 0 fully saturated rings. The molecule has 0 saturated heterocycles. The standard InChI is InChI=1S/C22H25N3O5S/c1-6-30-22(27)19-11(2)17-20(23-12(3)24-21(17)31-19)25-9-13-15(28-4)7-8-16(29-5)18(13)14(26)10-25/h7-8,14,26H,6,9-10H2,1-5H3. The number of aliphatic hydroxyl groups excluding tert-OH is 1. The largest absolute Gasteiger partial charge is 0.496 e. The summed E-state index contributed by atoms with van der Waals surface area (Å²) >= 11 is 1.30. The quantitative estimate of drug-likeness (QED) is 0.599. The zero-order valence-electron chi connectivity index (χ0n) is 18.2. The van der Waals surface area contributed by atoms with Crippen LogP contribution in [0.15, 0.2) is 12.1 Å². The molecule has 1 aliphatic heterocycles. The number of hydrogen-bond donors (Lipinski definition) is 1. The molecule has 0 radical (unpaired) electrons. The van der Waals surface area contributed by atoms with Gasteiger partial charge >= 0.3 is 5.97 Å². The van der Waals surface area contributed by atoms with E-state index in [4.69, 9.17) is 19.2 Å². The fraction of sp³-hybridized carbons (Fsp3) is 0.409. The van der Waals surface area contributed by atoms with E-state index in [2.05, 4.69) is 4.98 Å². The predicted octanol–water partition coefficient (Wildman–Crippen LogP) is 3.56. The Morgan fingerprint density at radius 1 is 1.23 bits per heavy atom. The summed E-state index contributed by atoms with van der Waals surface area (Å²) in [6.07, 6.45) is -0.789. The third kappa shape index (κ3) is 3.57. The second kappa shape index (κ2) is 8.32. The molecule has 1 aromatic carbocycles. The number of aryl methyl sites for hydroxylation is 2. The van der Waals surface area contributed by atoms with Crippen molar-refractivity contribution in [3.8, 4) is 11.5 Å². The fourth-order valence-corrected chi connectivity index (χ4v) is 5.19. The highest BCUT2D eigenvalue weighted by atomic mass is 32.1. The Hall–Kier alpha value is -2.91. The second-order valence-corrected chi connectivity index (χ2v) is 8.31. The van der Waals surface area contributed by atoms with Crippen LogP contribution in [0.5, 0.6) is 11.5 Å². The number of anilines is 1. The van der Waals surface area contributed by atoms with Gasteiger partial charge in [-0.3, -0.25) is 0 Å². The van der Waals surface area contributed by atoms with E-state index in [1.807, 2.05) is 24.8 Å². The molecule has 1 N–H and O–H groups in total. The number of carbonyl (C=O) groups is 1. The molecule has 9 heteroatoms. The van der Waals surface area contributed by atoms with Crippen molar-refractivity contribution in [2.75, 3.05) is 32.3 Å². The molecule has 0 amide bonds. The van der Waals surface area contributed by atoms with E-state index in [1.165, 1.54) is 11.3 Å². The smallest absolute Gasteiger partial charge is 0.348 e. The number of benzene rings is 1. The highest BCUT2D eigenvalue weighted by molar-refractivity contribution is 7.20. The van der Waals surface area contributed by atoms with Crippen LogP contribution in [0.2, 0.25) is 0 Å². The van der Waals surface area contributed by atoms with Crippen molar-refractivity contribution in [1.82, 2.24) is 9.97 Å². The molecule has 1 aliphatic rings. The van der Waals surface area contributed by atoms with Crippen molar-refractivity contribution in [2.45, 2.75) is 33.4 Å². The van der Waals surface area contributed by atoms with Gasteiger partial charge < -0.3 is 24.2 Å². The number of esters is 1. The molecule has 0 bridgehead atoms. The van der Waals surface area contributed by atoms with Gasteiger partial charge in [0.1, 0.15) is 39.0 Å². The van der Waals surface area contributed by atoms with E-state index in [9.17, 15) is 9.90 Å². The van der Waals surface area contributed by atoms with Crippen molar-refractivity contribution in [3.63, 3.8) is 0 Å². The molecule has 0 spiro atoms. The van der Waals surface area contributed by atoms with E-state index in [1.54, 1.807) is 27.2 Å². The molecule has 4 rings (SSSR count). The molecule has 31 heavy (non-hydrogen) atoms. The van der Waals surface area contributed by atoms with Gasteiger partial charge in [-0.2, -0.15) is 0 Å². The fourth-order valence-electron chi connectivity index (χ4n) is 4.08. The van der Waals surface area contributed by atoms with Gasteiger partial charge in [0.05, 0.1) is 32.8 Å². The number of hydrogen-bond acceptors (Lipinski definition) is 9. The van der Waals surface area contributed by atoms with Gasteiger partial charge in [0.25, 0.3) is 0 Å². The number of rotatable bonds is 5. The number of thiophene rings is 1. The van der Waals surface area contributed by atoms with Gasteiger partial charge in [0, 0.05) is 17.7 Å². The first kappa shape index (κ1) is 21.3. The minimum Gasteiger partial charge on any atom is -0.496 e. The zero-order chi connectivity index (χ0) is 22.3. The van der Waals surface area contributed by atoms with Crippen LogP contribution in [0.3, 0.4) is 0 Å². The van der Waals surface area contributed by atoms with Crippen molar-refractivity contribution >= 4 is 33.3 Å². The van der Waals surface area contributed by atoms with Gasteiger partial charge in [0.2, 0.25) is 0 Å². The third-order valence-electron chi connectivity index (χ3n) is 5.43. The molecule has 0 saturated carbocycles. The average Bonchev–Trinajstić information content (AvgIpc) is 3.08. The third-order valence-corrected chi connectivity index (χ3v) is 6.60. The highest BCUT2D eigenvalue weighted by Gasteiger charge is 2.32. The summed E-state index contributed by atoms with van der Waals surface area (Å²) in [6.45, 7) is 6.59. The van der Waals surface area contributed by atoms with Crippen molar-refractivity contribution in [3.05, 3.63) is 39.5 Å². The lowest BCUT2D eigenvalue weighted by Crippen LogP contribution is -2.35. The molecule has 164 valence electrons. The molecule has 8 nitrogen and oxygen atoms in total. The number of fused-ring (bicyclic) bond motifs is 2. The predicted molar refractivity (Wildman–Crippen MR) is 118 cm³/mol. The van der Waals surface area contributed by atoms with Crippen LogP contribution in [0, 0.1) is 13.8 Å². The molecule has 1 atom stereocenters. The minimum atomic E-state index is -0.789. The Labute approximate surface area is 184 Å². The average molecular weight is 444 g/mol. The lowest BCUT2D eigenvalue weighted by molar-refractivity contribution is 0.0531. The number of β-amino-alcohol motifs (C(OH)–C–C–N with tert-alkyl or cyclic N) is 1. The first-order valence-electron chi connectivity index (χ1n) is 10.0. The molecular formula is C22H25N3O5S. The number of ether oxygens (including phenoxy) is 3. The highest BCUT2D eigenvalue weighted by Crippen LogP contribution is 2.43. The van der Waals surface area contributed by atoms with Gasteiger partial charge in [-0.25, -0.2) is 14.8 Å². The van der Waals surface area contributed by atoms with Crippen molar-refractivity contribution in [1.29, 1.82) is 0 Å². The number of carbonyl (C=O) groups excluding carboxylic acids is 1. The molecule has 0 aliphatic carbocycles. The Kier molecular flexibility index (Phi) is 5.72. The van der Waals surface area contributed by atoms with E-state index in [0.29, 0.717) is 47.7 Å². The van der Waals surface area contributed by atoms with Crippen molar-refractivity contribution in [2.24, 2.45) is 0 Å². The number of aliphatic hydroxyl groups is 1. The van der Waals surface area contributed by atoms with Gasteiger partial charge in [0.15, 0.2) is 0 Å². The summed E-state index contributed by atoms with van der Waals surface area (Å²) < 4.78 is 16.2. The lowest BCUT2D eigenvalue weighted by atomic mass is 9.95. The Balaban J connectivity index is 1.86. The van der Waals surface area contributed by atoms with E-state index >= 15 is 0 Å². The Morgan fingerprint density at radius 3 is 2.61 bits per heavy atom. The van der Waals surface area contributed by atoms with Crippen LogP contribution in [-0.4, -0.2) is 48.4 Å². The van der Waals surface area contributed by atoms with Gasteiger partial charge in [-0.15, -0.1) is 11.3 Å². The summed E-state index contributed by atoms with van der Waals surface area (Å²) in [5, 5.41) is 11.8. The summed E-state index contributed by atoms with van der Waals surface area (Å²) in [6, 6.07) is 3.64. The first-order chi connectivity index (χ1) is 14.9. The summed E-state index contributed by atoms with van der Waals surface area (Å²) in [4.78, 5) is 24.9. The van der Waals surface area contributed by atoms with Crippen molar-refractivity contribution < 1.29 is 24.1 Å². The molecule has 2 aromatic heterocycles. The topological polar surface area (TPSA) is 94.0 Å². The van der Waals surface area contributed by atoms with Crippen LogP contribution in [-0.2, 0) is 11.3 Å². The SMILES string of the molecule is CCOC(=O)c1sc2nc(C)nc(N3Cc4c(OC)ccc(OC)c4C(O)C3)c2c1C. The van der Waals surface area contributed by atoms with Gasteiger partial charge in [-0.05, 0) is 38.5 Å². The number of nitrogens with zero attached hydrogens (tertiary/aromatic N) is 3. The first-order valence-corrected chi connectivity index (χ1v) is 10.8. The van der Waals surface area contributed by atoms with E-state index < -0.39 is 6.10 Å². The molecule has 3 heterocycles. The lowest BCUT2D eigenvalue weighted by Gasteiger charge is -2.35. The van der Waals surface area contributed by atoms with E-state index in [0.717, 1.165) is 26.9 Å². The maximum absolute atomic E-state index is 12.4. The van der Waals surface area contributed by atoms with Gasteiger partial charge in [-0.1, -0.05) is 0 Å². The summed E-state index contributed by atoms with van der Waals surface area (Å²) in [5.74, 6) is 2.22. The van der Waals surface area contributed by atoms with Crippen LogP contribution in [0.1, 0.15) is 45.2 Å². The maximum atomic E-state index is 12.4. The monoisotopic (exact) mass is 443 g/mol. The molecular weight excluding hydrogens is 418 g/mol. The maximum Gasteiger partial charge on any atom is 0.348 e. The molecule has 1 unspecified atom stereocenters. The zero-order valence-corrected chi connectivity index (χ0v) is 19.0. The summed E-state index contributed by atoms with van der Waals surface area (Å²) in [7, 11) is 3.19. The van der Waals surface area contributed by atoms with Crippen LogP contribution in [0.25, 0.3) is 10.2 Å². The normalized spacial score (nSPS) is 15.7. The van der Waals surface area contributed by atoms with E-state index in [-0.39, 0.29) is 5.97 Å². The van der Waals surface area contributed by atoms with Crippen LogP contribution >= 0.6 is 11.3 Å². The van der Waals surface area contributed by atoms with Crippen LogP contribution in [0.4, 0.5) is 5.82 Å².